The van der Waals surface area contributed by atoms with Crippen molar-refractivity contribution in [1.82, 2.24) is 15.6 Å². The first-order valence-corrected chi connectivity index (χ1v) is 6.17. The summed E-state index contributed by atoms with van der Waals surface area (Å²) in [4.78, 5) is 38.0. The summed E-state index contributed by atoms with van der Waals surface area (Å²) in [6.45, 7) is 5.97. The number of urea groups is 1. The van der Waals surface area contributed by atoms with Gasteiger partial charge in [-0.1, -0.05) is 0 Å². The second-order valence-electron chi connectivity index (χ2n) is 4.51. The Morgan fingerprint density at radius 3 is 2.38 bits per heavy atom. The maximum absolute atomic E-state index is 11.7. The number of rotatable bonds is 4. The zero-order valence-electron chi connectivity index (χ0n) is 12.2. The number of hydrogen-bond acceptors (Lipinski definition) is 5. The fourth-order valence-corrected chi connectivity index (χ4v) is 1.39. The topological polar surface area (TPSA) is 122 Å². The Morgan fingerprint density at radius 1 is 1.29 bits per heavy atom. The van der Waals surface area contributed by atoms with Crippen LogP contribution in [-0.2, 0) is 9.59 Å². The normalized spacial score (nSPS) is 13.1. The molecule has 21 heavy (non-hydrogen) atoms. The highest BCUT2D eigenvalue weighted by molar-refractivity contribution is 6.07. The van der Waals surface area contributed by atoms with E-state index < -0.39 is 23.9 Å². The lowest BCUT2D eigenvalue weighted by molar-refractivity contribution is -0.133. The first-order valence-electron chi connectivity index (χ1n) is 6.17. The van der Waals surface area contributed by atoms with Gasteiger partial charge in [-0.2, -0.15) is 0 Å². The number of hydrogen-bond donors (Lipinski definition) is 3. The number of carbonyl (C=O) groups excluding carboxylic acids is 2. The zero-order chi connectivity index (χ0) is 16.2. The third kappa shape index (κ3) is 4.44. The van der Waals surface area contributed by atoms with Crippen molar-refractivity contribution < 1.29 is 23.9 Å². The van der Waals surface area contributed by atoms with E-state index in [0.717, 1.165) is 0 Å². The van der Waals surface area contributed by atoms with E-state index in [1.807, 2.05) is 5.32 Å². The van der Waals surface area contributed by atoms with E-state index in [9.17, 15) is 14.4 Å². The highest BCUT2D eigenvalue weighted by Crippen LogP contribution is 2.11. The molecular formula is C13H17N3O5. The van der Waals surface area contributed by atoms with E-state index in [4.69, 9.17) is 9.52 Å². The number of aliphatic carboxylic acids is 1. The van der Waals surface area contributed by atoms with Crippen LogP contribution < -0.4 is 10.6 Å². The number of carboxylic acids is 1. The molecule has 0 radical (unpaired) electrons. The van der Waals surface area contributed by atoms with Crippen LogP contribution in [0.3, 0.4) is 0 Å². The van der Waals surface area contributed by atoms with Crippen molar-refractivity contribution >= 4 is 17.9 Å². The van der Waals surface area contributed by atoms with Gasteiger partial charge in [-0.05, 0) is 27.7 Å². The fourth-order valence-electron chi connectivity index (χ4n) is 1.39. The molecule has 0 saturated heterocycles. The van der Waals surface area contributed by atoms with Crippen LogP contribution in [0, 0.1) is 6.92 Å². The van der Waals surface area contributed by atoms with Gasteiger partial charge in [0, 0.05) is 11.1 Å². The van der Waals surface area contributed by atoms with Crippen molar-refractivity contribution in [3.8, 4) is 0 Å². The molecule has 1 rings (SSSR count). The molecule has 0 saturated carbocycles. The average Bonchev–Trinajstić information content (AvgIpc) is 2.83. The number of amides is 3. The smallest absolute Gasteiger partial charge is 0.331 e. The minimum Gasteiger partial charge on any atom is -0.478 e. The Kier molecular flexibility index (Phi) is 5.23. The Labute approximate surface area is 121 Å². The predicted molar refractivity (Wildman–Crippen MR) is 72.3 cm³/mol. The van der Waals surface area contributed by atoms with Crippen LogP contribution in [0.1, 0.15) is 38.5 Å². The average molecular weight is 295 g/mol. The molecule has 0 spiro atoms. The molecule has 1 unspecified atom stereocenters. The molecule has 8 heteroatoms. The largest absolute Gasteiger partial charge is 0.478 e. The van der Waals surface area contributed by atoms with Gasteiger partial charge < -0.3 is 14.8 Å². The number of oxazole rings is 1. The molecule has 0 aromatic carbocycles. The van der Waals surface area contributed by atoms with Crippen molar-refractivity contribution in [2.75, 3.05) is 0 Å². The number of carboxylic acid groups (broad SMARTS) is 1. The lowest BCUT2D eigenvalue weighted by Crippen LogP contribution is -2.41. The van der Waals surface area contributed by atoms with Gasteiger partial charge in [0.15, 0.2) is 0 Å². The van der Waals surface area contributed by atoms with Crippen LogP contribution in [0.5, 0.6) is 0 Å². The maximum Gasteiger partial charge on any atom is 0.331 e. The lowest BCUT2D eigenvalue weighted by Gasteiger charge is -2.11. The van der Waals surface area contributed by atoms with E-state index in [2.05, 4.69) is 10.3 Å². The summed E-state index contributed by atoms with van der Waals surface area (Å²) in [5, 5.41) is 13.3. The molecule has 8 nitrogen and oxygen atoms in total. The quantitative estimate of drug-likeness (QED) is 0.719. The summed E-state index contributed by atoms with van der Waals surface area (Å²) in [5.74, 6) is -1.08. The Morgan fingerprint density at radius 2 is 1.90 bits per heavy atom. The molecule has 1 aromatic rings. The van der Waals surface area contributed by atoms with Gasteiger partial charge in [0.05, 0.1) is 6.20 Å². The zero-order valence-corrected chi connectivity index (χ0v) is 12.2. The van der Waals surface area contributed by atoms with Crippen molar-refractivity contribution in [3.05, 3.63) is 29.0 Å². The molecule has 1 aromatic heterocycles. The number of aryl methyl sites for hydroxylation is 1. The third-order valence-corrected chi connectivity index (χ3v) is 2.81. The Bertz CT molecular complexity index is 603. The van der Waals surface area contributed by atoms with Gasteiger partial charge in [0.2, 0.25) is 5.89 Å². The number of carbonyl (C=O) groups is 3. The van der Waals surface area contributed by atoms with Gasteiger partial charge in [0.25, 0.3) is 5.91 Å². The molecule has 114 valence electrons. The van der Waals surface area contributed by atoms with Gasteiger partial charge in [0.1, 0.15) is 11.8 Å². The van der Waals surface area contributed by atoms with Crippen LogP contribution in [0.4, 0.5) is 4.79 Å². The number of nitrogens with one attached hydrogen (secondary N) is 2. The lowest BCUT2D eigenvalue weighted by atomic mass is 10.1. The van der Waals surface area contributed by atoms with Gasteiger partial charge in [-0.3, -0.25) is 10.1 Å². The molecule has 0 aliphatic carbocycles. The Hall–Kier alpha value is -2.64. The molecule has 3 amide bonds. The summed E-state index contributed by atoms with van der Waals surface area (Å²) in [7, 11) is 0. The molecule has 1 heterocycles. The van der Waals surface area contributed by atoms with Crippen molar-refractivity contribution in [2.45, 2.75) is 33.7 Å². The summed E-state index contributed by atoms with van der Waals surface area (Å²) in [6.07, 6.45) is 1.51. The minimum atomic E-state index is -1.22. The van der Waals surface area contributed by atoms with E-state index in [1.165, 1.54) is 20.0 Å². The monoisotopic (exact) mass is 295 g/mol. The summed E-state index contributed by atoms with van der Waals surface area (Å²) < 4.78 is 5.24. The number of imide groups is 1. The highest BCUT2D eigenvalue weighted by Gasteiger charge is 2.18. The molecule has 3 N–H and O–H groups in total. The summed E-state index contributed by atoms with van der Waals surface area (Å²) >= 11 is 0. The van der Waals surface area contributed by atoms with E-state index in [-0.39, 0.29) is 11.1 Å². The first-order chi connectivity index (χ1) is 9.72. The van der Waals surface area contributed by atoms with E-state index in [1.54, 1.807) is 13.8 Å². The van der Waals surface area contributed by atoms with Gasteiger partial charge >= 0.3 is 12.0 Å². The Balaban J connectivity index is 2.64. The molecule has 0 aliphatic heterocycles. The van der Waals surface area contributed by atoms with Crippen LogP contribution >= 0.6 is 0 Å². The third-order valence-electron chi connectivity index (χ3n) is 2.81. The van der Waals surface area contributed by atoms with Crippen molar-refractivity contribution in [1.29, 1.82) is 0 Å². The first kappa shape index (κ1) is 16.4. The van der Waals surface area contributed by atoms with Crippen molar-refractivity contribution in [2.24, 2.45) is 0 Å². The maximum atomic E-state index is 11.7. The minimum absolute atomic E-state index is 0.0442. The van der Waals surface area contributed by atoms with Crippen LogP contribution in [-0.4, -0.2) is 28.0 Å². The fraction of sp³-hybridized carbons (Fsp3) is 0.385. The molecular weight excluding hydrogens is 278 g/mol. The highest BCUT2D eigenvalue weighted by atomic mass is 16.4. The SMILES string of the molecule is C/C(C(=O)O)=C(\C)C(=O)NC(=O)NC(C)c1ncc(C)o1. The second kappa shape index (κ2) is 6.69. The molecule has 0 bridgehead atoms. The number of nitrogens with zero attached hydrogens (tertiary/aromatic N) is 1. The number of aromatic nitrogens is 1. The van der Waals surface area contributed by atoms with Crippen LogP contribution in [0.15, 0.2) is 21.8 Å². The van der Waals surface area contributed by atoms with Crippen molar-refractivity contribution in [3.63, 3.8) is 0 Å². The molecule has 0 fully saturated rings. The standard InChI is InChI=1S/C13H17N3O5/c1-6-5-14-11(21-6)9(4)15-13(20)16-10(17)7(2)8(3)12(18)19/h5,9H,1-4H3,(H,18,19)(H2,15,16,17,20)/b8-7-. The van der Waals surface area contributed by atoms with E-state index in [0.29, 0.717) is 11.7 Å². The van der Waals surface area contributed by atoms with Gasteiger partial charge in [-0.25, -0.2) is 14.6 Å². The van der Waals surface area contributed by atoms with Gasteiger partial charge in [-0.15, -0.1) is 0 Å². The summed E-state index contributed by atoms with van der Waals surface area (Å²) in [6, 6.07) is -1.29. The van der Waals surface area contributed by atoms with Crippen LogP contribution in [0.25, 0.3) is 0 Å². The van der Waals surface area contributed by atoms with E-state index >= 15 is 0 Å². The second-order valence-corrected chi connectivity index (χ2v) is 4.51. The summed E-state index contributed by atoms with van der Waals surface area (Å²) in [5.41, 5.74) is -0.172. The molecule has 1 atom stereocenters. The van der Waals surface area contributed by atoms with Crippen LogP contribution in [0.2, 0.25) is 0 Å². The molecule has 0 aliphatic rings. The predicted octanol–water partition coefficient (Wildman–Crippen LogP) is 1.29.